The van der Waals surface area contributed by atoms with E-state index in [4.69, 9.17) is 5.02 Å². The fourth-order valence-electron chi connectivity index (χ4n) is 0.585. The van der Waals surface area contributed by atoms with Crippen LogP contribution in [0.1, 0.15) is 5.69 Å². The van der Waals surface area contributed by atoms with E-state index in [2.05, 4.69) is 9.64 Å². The lowest BCUT2D eigenvalue weighted by molar-refractivity contribution is 0.452. The van der Waals surface area contributed by atoms with Crippen molar-refractivity contribution in [1.29, 1.82) is 0 Å². The molecule has 1 heterocycles. The van der Waals surface area contributed by atoms with Gasteiger partial charge in [-0.3, -0.25) is 4.98 Å². The van der Waals surface area contributed by atoms with Crippen LogP contribution >= 0.6 is 0 Å². The van der Waals surface area contributed by atoms with Gasteiger partial charge in [-0.1, -0.05) is 0 Å². The number of aryl methyl sites for hydroxylation is 1. The average Bonchev–Trinajstić information content (AvgIpc) is 1.95. The summed E-state index contributed by atoms with van der Waals surface area (Å²) >= 11 is 0. The number of hydrogen-bond donors (Lipinski definition) is 1. The van der Waals surface area contributed by atoms with Gasteiger partial charge in [0.1, 0.15) is 5.75 Å². The lowest BCUT2D eigenvalue weighted by atomic mass is 10.3. The van der Waals surface area contributed by atoms with Crippen molar-refractivity contribution in [3.8, 4) is 5.75 Å². The molecule has 0 saturated heterocycles. The quantitative estimate of drug-likeness (QED) is 0.581. The highest BCUT2D eigenvalue weighted by atomic mass is 16.5. The molecule has 0 aliphatic carbocycles. The molecule has 1 radical (unpaired) electrons. The zero-order chi connectivity index (χ0) is 7.40. The van der Waals surface area contributed by atoms with Crippen LogP contribution in [-0.2, 0) is 0 Å². The van der Waals surface area contributed by atoms with Gasteiger partial charge in [0.25, 0.3) is 0 Å². The van der Waals surface area contributed by atoms with Gasteiger partial charge in [-0.25, -0.2) is 0 Å². The van der Waals surface area contributed by atoms with Crippen LogP contribution in [0.15, 0.2) is 18.3 Å². The first kappa shape index (κ1) is 9.93. The van der Waals surface area contributed by atoms with E-state index in [0.717, 1.165) is 5.69 Å². The molecule has 0 aliphatic heterocycles. The van der Waals surface area contributed by atoms with Crippen molar-refractivity contribution in [3.05, 3.63) is 24.0 Å². The Bertz CT molecular complexity index is 201. The van der Waals surface area contributed by atoms with Crippen LogP contribution in [0.5, 0.6) is 5.75 Å². The first-order valence-electron chi connectivity index (χ1n) is 2.88. The maximum absolute atomic E-state index is 8.21. The van der Waals surface area contributed by atoms with Crippen molar-refractivity contribution >= 4 is 7.69 Å². The SMILES string of the molecule is Cc1ccc(O[B]O)cn1.O. The second kappa shape index (κ2) is 4.70. The standard InChI is InChI=1S/C6H7BNO2.H2O/c1-5-2-3-6(4-8-5)10-7-9;/h2-4,9H,1H3;1H2. The molecular weight excluding hydrogens is 145 g/mol. The van der Waals surface area contributed by atoms with Crippen molar-refractivity contribution < 1.29 is 15.2 Å². The van der Waals surface area contributed by atoms with Crippen molar-refractivity contribution in [1.82, 2.24) is 4.98 Å². The van der Waals surface area contributed by atoms with Crippen LogP contribution < -0.4 is 4.65 Å². The molecule has 1 aromatic rings. The fraction of sp³-hybridized carbons (Fsp3) is 0.167. The molecular formula is C6H9BNO3. The highest BCUT2D eigenvalue weighted by molar-refractivity contribution is 6.17. The summed E-state index contributed by atoms with van der Waals surface area (Å²) in [6.07, 6.45) is 1.54. The highest BCUT2D eigenvalue weighted by Crippen LogP contribution is 2.06. The van der Waals surface area contributed by atoms with Crippen LogP contribution in [0, 0.1) is 6.92 Å². The number of nitrogens with zero attached hydrogens (tertiary/aromatic N) is 1. The van der Waals surface area contributed by atoms with Crippen LogP contribution in [0.2, 0.25) is 0 Å². The van der Waals surface area contributed by atoms with Gasteiger partial charge in [-0.15, -0.1) is 0 Å². The van der Waals surface area contributed by atoms with Gasteiger partial charge in [0.05, 0.1) is 6.20 Å². The summed E-state index contributed by atoms with van der Waals surface area (Å²) in [5.74, 6) is 0.535. The van der Waals surface area contributed by atoms with E-state index in [1.807, 2.05) is 6.92 Å². The van der Waals surface area contributed by atoms with E-state index in [0.29, 0.717) is 13.4 Å². The summed E-state index contributed by atoms with van der Waals surface area (Å²) in [4.78, 5) is 3.94. The average molecular weight is 154 g/mol. The second-order valence-corrected chi connectivity index (χ2v) is 1.86. The van der Waals surface area contributed by atoms with E-state index in [9.17, 15) is 0 Å². The molecule has 0 fully saturated rings. The molecule has 0 aliphatic rings. The third-order valence-electron chi connectivity index (χ3n) is 1.07. The van der Waals surface area contributed by atoms with Gasteiger partial charge in [0, 0.05) is 5.69 Å². The van der Waals surface area contributed by atoms with E-state index in [1.165, 1.54) is 0 Å². The van der Waals surface area contributed by atoms with Crippen LogP contribution in [0.4, 0.5) is 0 Å². The number of rotatable bonds is 2. The molecule has 0 aromatic carbocycles. The molecule has 11 heavy (non-hydrogen) atoms. The van der Waals surface area contributed by atoms with E-state index < -0.39 is 0 Å². The van der Waals surface area contributed by atoms with E-state index >= 15 is 0 Å². The summed E-state index contributed by atoms with van der Waals surface area (Å²) in [5.41, 5.74) is 0.922. The van der Waals surface area contributed by atoms with Gasteiger partial charge in [0.2, 0.25) is 0 Å². The molecule has 59 valence electrons. The monoisotopic (exact) mass is 154 g/mol. The molecule has 0 atom stereocenters. The first-order valence-corrected chi connectivity index (χ1v) is 2.88. The van der Waals surface area contributed by atoms with Gasteiger partial charge < -0.3 is 15.2 Å². The van der Waals surface area contributed by atoms with Crippen LogP contribution in [0.3, 0.4) is 0 Å². The first-order chi connectivity index (χ1) is 4.83. The Kier molecular flexibility index (Phi) is 4.25. The third-order valence-corrected chi connectivity index (χ3v) is 1.07. The Morgan fingerprint density at radius 1 is 1.55 bits per heavy atom. The fourth-order valence-corrected chi connectivity index (χ4v) is 0.585. The lowest BCUT2D eigenvalue weighted by Crippen LogP contribution is -1.99. The Labute approximate surface area is 65.5 Å². The summed E-state index contributed by atoms with van der Waals surface area (Å²) in [5, 5.41) is 8.21. The normalized spacial score (nSPS) is 8.18. The molecule has 1 rings (SSSR count). The van der Waals surface area contributed by atoms with Gasteiger partial charge in [-0.2, -0.15) is 0 Å². The van der Waals surface area contributed by atoms with Crippen LogP contribution in [-0.4, -0.2) is 23.2 Å². The summed E-state index contributed by atoms with van der Waals surface area (Å²) in [6, 6.07) is 3.54. The van der Waals surface area contributed by atoms with Gasteiger partial charge in [-0.05, 0) is 19.1 Å². The summed E-state index contributed by atoms with van der Waals surface area (Å²) in [7, 11) is 0.631. The number of aromatic nitrogens is 1. The largest absolute Gasteiger partial charge is 0.569 e. The third kappa shape index (κ3) is 3.02. The molecule has 0 saturated carbocycles. The Hall–Kier alpha value is -1.07. The minimum absolute atomic E-state index is 0. The second-order valence-electron chi connectivity index (χ2n) is 1.86. The Morgan fingerprint density at radius 2 is 2.27 bits per heavy atom. The predicted octanol–water partition coefficient (Wildman–Crippen LogP) is -0.529. The van der Waals surface area contributed by atoms with Crippen molar-refractivity contribution in [2.45, 2.75) is 6.92 Å². The molecule has 3 N–H and O–H groups in total. The molecule has 1 aromatic heterocycles. The topological polar surface area (TPSA) is 73.8 Å². The maximum atomic E-state index is 8.21. The minimum Gasteiger partial charge on any atom is -0.536 e. The van der Waals surface area contributed by atoms with Crippen molar-refractivity contribution in [2.75, 3.05) is 0 Å². The number of pyridine rings is 1. The molecule has 4 nitrogen and oxygen atoms in total. The zero-order valence-electron chi connectivity index (χ0n) is 6.11. The van der Waals surface area contributed by atoms with Crippen LogP contribution in [0.25, 0.3) is 0 Å². The van der Waals surface area contributed by atoms with E-state index in [-0.39, 0.29) is 5.48 Å². The van der Waals surface area contributed by atoms with Gasteiger partial charge in [0.15, 0.2) is 0 Å². The van der Waals surface area contributed by atoms with E-state index in [1.54, 1.807) is 18.3 Å². The van der Waals surface area contributed by atoms with Crippen molar-refractivity contribution in [2.24, 2.45) is 0 Å². The zero-order valence-corrected chi connectivity index (χ0v) is 6.11. The molecule has 0 unspecified atom stereocenters. The summed E-state index contributed by atoms with van der Waals surface area (Å²) in [6.45, 7) is 1.88. The molecule has 5 heteroatoms. The van der Waals surface area contributed by atoms with Gasteiger partial charge >= 0.3 is 7.69 Å². The highest BCUT2D eigenvalue weighted by Gasteiger charge is 1.92. The smallest absolute Gasteiger partial charge is 0.536 e. The molecule has 0 amide bonds. The maximum Gasteiger partial charge on any atom is 0.569 e. The van der Waals surface area contributed by atoms with Crippen molar-refractivity contribution in [3.63, 3.8) is 0 Å². The Morgan fingerprint density at radius 3 is 2.73 bits per heavy atom. The number of hydrogen-bond acceptors (Lipinski definition) is 3. The Balaban J connectivity index is 0.000001000. The molecule has 0 spiro atoms. The lowest BCUT2D eigenvalue weighted by Gasteiger charge is -1.98. The minimum atomic E-state index is 0. The molecule has 0 bridgehead atoms. The summed E-state index contributed by atoms with van der Waals surface area (Å²) < 4.78 is 4.63. The predicted molar refractivity (Wildman–Crippen MR) is 41.2 cm³/mol.